The third-order valence-electron chi connectivity index (χ3n) is 4.94. The highest BCUT2D eigenvalue weighted by Gasteiger charge is 2.41. The fourth-order valence-electron chi connectivity index (χ4n) is 3.33. The third kappa shape index (κ3) is 3.96. The minimum Gasteiger partial charge on any atom is -0.342 e. The third-order valence-corrected chi connectivity index (χ3v) is 5.19. The van der Waals surface area contributed by atoms with E-state index in [1.807, 2.05) is 29.2 Å². The first-order valence-corrected chi connectivity index (χ1v) is 9.23. The van der Waals surface area contributed by atoms with Crippen LogP contribution in [-0.2, 0) is 16.1 Å². The number of hydrogen-bond donors (Lipinski definition) is 1. The first-order valence-electron chi connectivity index (χ1n) is 8.85. The van der Waals surface area contributed by atoms with Gasteiger partial charge in [0, 0.05) is 36.5 Å². The molecule has 2 heterocycles. The minimum atomic E-state index is -0.637. The number of aliphatic imine (C=N–C) groups is 1. The molecule has 2 aromatic carbocycles. The lowest BCUT2D eigenvalue weighted by Crippen LogP contribution is -2.47. The van der Waals surface area contributed by atoms with Gasteiger partial charge in [-0.2, -0.15) is 0 Å². The molecule has 1 saturated heterocycles. The highest BCUT2D eigenvalue weighted by molar-refractivity contribution is 6.30. The second kappa shape index (κ2) is 7.29. The van der Waals surface area contributed by atoms with E-state index in [2.05, 4.69) is 5.48 Å². The highest BCUT2D eigenvalue weighted by atomic mass is 35.5. The van der Waals surface area contributed by atoms with Gasteiger partial charge in [0.1, 0.15) is 5.82 Å². The summed E-state index contributed by atoms with van der Waals surface area (Å²) in [6.45, 7) is 1.14. The molecule has 2 aromatic rings. The fourth-order valence-corrected chi connectivity index (χ4v) is 3.46. The zero-order valence-electron chi connectivity index (χ0n) is 14.6. The number of carbonyl (C=O) groups is 1. The average molecular weight is 388 g/mol. The molecule has 1 amide bonds. The van der Waals surface area contributed by atoms with Crippen LogP contribution in [0.25, 0.3) is 0 Å². The second-order valence-corrected chi connectivity index (χ2v) is 7.24. The molecule has 4 rings (SSSR count). The number of nitrogens with zero attached hydrogens (tertiary/aromatic N) is 2. The van der Waals surface area contributed by atoms with Crippen molar-refractivity contribution in [2.75, 3.05) is 13.1 Å². The van der Waals surface area contributed by atoms with Gasteiger partial charge in [0.2, 0.25) is 5.91 Å². The maximum absolute atomic E-state index is 13.0. The van der Waals surface area contributed by atoms with E-state index in [1.165, 1.54) is 12.1 Å². The quantitative estimate of drug-likeness (QED) is 0.879. The Morgan fingerprint density at radius 1 is 1.15 bits per heavy atom. The second-order valence-electron chi connectivity index (χ2n) is 6.80. The summed E-state index contributed by atoms with van der Waals surface area (Å²) < 4.78 is 13.0. The number of piperidine rings is 1. The van der Waals surface area contributed by atoms with Crippen molar-refractivity contribution in [3.8, 4) is 0 Å². The lowest BCUT2D eigenvalue weighted by Gasteiger charge is -2.35. The van der Waals surface area contributed by atoms with Gasteiger partial charge in [0.25, 0.3) is 0 Å². The van der Waals surface area contributed by atoms with Crippen molar-refractivity contribution < 1.29 is 14.0 Å². The van der Waals surface area contributed by atoms with Gasteiger partial charge in [-0.25, -0.2) is 19.7 Å². The van der Waals surface area contributed by atoms with Crippen LogP contribution < -0.4 is 5.48 Å². The van der Waals surface area contributed by atoms with Crippen LogP contribution in [-0.4, -0.2) is 35.5 Å². The predicted octanol–water partition coefficient (Wildman–Crippen LogP) is 3.32. The number of hydrogen-bond acceptors (Lipinski definition) is 4. The standard InChI is InChI=1S/C20H19ClFN3O2/c21-16-5-3-15(4-6-16)19-23-20(27-24-19)9-11-25(12-10-20)18(26)13-14-1-7-17(22)8-2-14/h1-8H,9-13H2,(H,23,24). The molecule has 0 atom stereocenters. The average Bonchev–Trinajstić information content (AvgIpc) is 3.08. The van der Waals surface area contributed by atoms with E-state index < -0.39 is 5.72 Å². The minimum absolute atomic E-state index is 0.0318. The van der Waals surface area contributed by atoms with E-state index >= 15 is 0 Å². The van der Waals surface area contributed by atoms with Crippen molar-refractivity contribution in [3.63, 3.8) is 0 Å². The zero-order chi connectivity index (χ0) is 18.9. The highest BCUT2D eigenvalue weighted by Crippen LogP contribution is 2.31. The van der Waals surface area contributed by atoms with Crippen molar-refractivity contribution >= 4 is 23.3 Å². The van der Waals surface area contributed by atoms with Crippen LogP contribution in [0.2, 0.25) is 5.02 Å². The number of carbonyl (C=O) groups excluding carboxylic acids is 1. The number of hydroxylamine groups is 1. The van der Waals surface area contributed by atoms with Gasteiger partial charge in [-0.05, 0) is 42.0 Å². The summed E-state index contributed by atoms with van der Waals surface area (Å²) in [7, 11) is 0. The molecule has 1 fully saturated rings. The van der Waals surface area contributed by atoms with Crippen molar-refractivity contribution in [3.05, 3.63) is 70.5 Å². The van der Waals surface area contributed by atoms with E-state index in [9.17, 15) is 9.18 Å². The first kappa shape index (κ1) is 17.9. The molecule has 27 heavy (non-hydrogen) atoms. The van der Waals surface area contributed by atoms with Gasteiger partial charge >= 0.3 is 0 Å². The number of halogens is 2. The summed E-state index contributed by atoms with van der Waals surface area (Å²) >= 11 is 5.92. The van der Waals surface area contributed by atoms with E-state index in [1.54, 1.807) is 12.1 Å². The Balaban J connectivity index is 1.37. The summed E-state index contributed by atoms with van der Waals surface area (Å²) in [6.07, 6.45) is 1.50. The maximum Gasteiger partial charge on any atom is 0.226 e. The van der Waals surface area contributed by atoms with Crippen molar-refractivity contribution in [1.82, 2.24) is 10.4 Å². The molecule has 2 aliphatic heterocycles. The molecule has 140 valence electrons. The first-order chi connectivity index (χ1) is 13.0. The SMILES string of the molecule is O=C(Cc1ccc(F)cc1)N1CCC2(CC1)N=C(c1ccc(Cl)cc1)NO2. The molecule has 0 saturated carbocycles. The van der Waals surface area contributed by atoms with Crippen molar-refractivity contribution in [2.24, 2.45) is 4.99 Å². The molecule has 7 heteroatoms. The molecule has 0 unspecified atom stereocenters. The number of amides is 1. The molecular formula is C20H19ClFN3O2. The van der Waals surface area contributed by atoms with Crippen LogP contribution in [0.15, 0.2) is 53.5 Å². The Bertz CT molecular complexity index is 860. The smallest absolute Gasteiger partial charge is 0.226 e. The van der Waals surface area contributed by atoms with Crippen LogP contribution in [0.3, 0.4) is 0 Å². The van der Waals surface area contributed by atoms with E-state index in [-0.39, 0.29) is 18.1 Å². The number of benzene rings is 2. The van der Waals surface area contributed by atoms with Gasteiger partial charge in [-0.1, -0.05) is 23.7 Å². The van der Waals surface area contributed by atoms with E-state index in [0.717, 1.165) is 11.1 Å². The lowest BCUT2D eigenvalue weighted by atomic mass is 10.00. The molecule has 0 aromatic heterocycles. The number of nitrogens with one attached hydrogen (secondary N) is 1. The van der Waals surface area contributed by atoms with Crippen LogP contribution in [0.4, 0.5) is 4.39 Å². The Hall–Kier alpha value is -2.44. The predicted molar refractivity (Wildman–Crippen MR) is 101 cm³/mol. The van der Waals surface area contributed by atoms with Gasteiger partial charge in [-0.3, -0.25) is 4.79 Å². The van der Waals surface area contributed by atoms with Gasteiger partial charge < -0.3 is 4.90 Å². The van der Waals surface area contributed by atoms with Gasteiger partial charge in [0.15, 0.2) is 11.6 Å². The van der Waals surface area contributed by atoms with E-state index in [0.29, 0.717) is 36.8 Å². The fraction of sp³-hybridized carbons (Fsp3) is 0.300. The normalized spacial score (nSPS) is 18.3. The van der Waals surface area contributed by atoms with Crippen LogP contribution in [0, 0.1) is 5.82 Å². The molecular weight excluding hydrogens is 369 g/mol. The summed E-state index contributed by atoms with van der Waals surface area (Å²) in [6, 6.07) is 13.4. The number of amidine groups is 1. The van der Waals surface area contributed by atoms with Crippen molar-refractivity contribution in [1.29, 1.82) is 0 Å². The molecule has 1 spiro atoms. The summed E-state index contributed by atoms with van der Waals surface area (Å²) in [4.78, 5) is 24.8. The van der Waals surface area contributed by atoms with Crippen LogP contribution in [0.1, 0.15) is 24.0 Å². The lowest BCUT2D eigenvalue weighted by molar-refractivity contribution is -0.138. The zero-order valence-corrected chi connectivity index (χ0v) is 15.4. The Morgan fingerprint density at radius 3 is 2.48 bits per heavy atom. The van der Waals surface area contributed by atoms with Crippen LogP contribution in [0.5, 0.6) is 0 Å². The summed E-state index contributed by atoms with van der Waals surface area (Å²) in [5, 5.41) is 0.668. The van der Waals surface area contributed by atoms with Crippen molar-refractivity contribution in [2.45, 2.75) is 25.0 Å². The molecule has 0 bridgehead atoms. The van der Waals surface area contributed by atoms with Gasteiger partial charge in [0.05, 0.1) is 6.42 Å². The maximum atomic E-state index is 13.0. The molecule has 5 nitrogen and oxygen atoms in total. The molecule has 0 aliphatic carbocycles. The Morgan fingerprint density at radius 2 is 1.81 bits per heavy atom. The molecule has 1 N–H and O–H groups in total. The largest absolute Gasteiger partial charge is 0.342 e. The summed E-state index contributed by atoms with van der Waals surface area (Å²) in [5.41, 5.74) is 3.99. The molecule has 0 radical (unpaired) electrons. The Kier molecular flexibility index (Phi) is 4.85. The summed E-state index contributed by atoms with van der Waals surface area (Å²) in [5.74, 6) is 0.411. The van der Waals surface area contributed by atoms with E-state index in [4.69, 9.17) is 21.4 Å². The Labute approximate surface area is 161 Å². The molecule has 2 aliphatic rings. The number of rotatable bonds is 3. The van der Waals surface area contributed by atoms with Crippen LogP contribution >= 0.6 is 11.6 Å². The topological polar surface area (TPSA) is 53.9 Å². The monoisotopic (exact) mass is 387 g/mol. The van der Waals surface area contributed by atoms with Gasteiger partial charge in [-0.15, -0.1) is 0 Å². The number of likely N-dealkylation sites (tertiary alicyclic amines) is 1.